The molecule has 3 aromatic rings. The molecule has 0 radical (unpaired) electrons. The Morgan fingerprint density at radius 3 is 2.72 bits per heavy atom. The zero-order valence-electron chi connectivity index (χ0n) is 16.5. The SMILES string of the molecule is O=C(Nc1nc2c(s1)CN(Cc1ccccc1)CC2)c1ccc2c(c1)CCCC2. The Labute approximate surface area is 175 Å². The van der Waals surface area contributed by atoms with Crippen LogP contribution in [0.1, 0.15) is 50.5 Å². The molecule has 5 rings (SSSR count). The first-order chi connectivity index (χ1) is 14.2. The fourth-order valence-corrected chi connectivity index (χ4v) is 5.37. The number of nitrogens with one attached hydrogen (secondary N) is 1. The Bertz CT molecular complexity index is 1030. The lowest BCUT2D eigenvalue weighted by Crippen LogP contribution is -2.29. The molecule has 2 heterocycles. The number of rotatable bonds is 4. The molecule has 0 spiro atoms. The minimum Gasteiger partial charge on any atom is -0.298 e. The van der Waals surface area contributed by atoms with Gasteiger partial charge in [-0.15, -0.1) is 11.3 Å². The molecule has 1 amide bonds. The summed E-state index contributed by atoms with van der Waals surface area (Å²) in [5.41, 5.74) is 5.95. The summed E-state index contributed by atoms with van der Waals surface area (Å²) in [6.07, 6.45) is 5.63. The van der Waals surface area contributed by atoms with Crippen LogP contribution in [0.2, 0.25) is 0 Å². The molecule has 1 aliphatic carbocycles. The van der Waals surface area contributed by atoms with E-state index in [1.54, 1.807) is 11.3 Å². The topological polar surface area (TPSA) is 45.2 Å². The normalized spacial score (nSPS) is 16.1. The summed E-state index contributed by atoms with van der Waals surface area (Å²) in [5, 5.41) is 3.76. The quantitative estimate of drug-likeness (QED) is 0.678. The molecule has 0 fully saturated rings. The van der Waals surface area contributed by atoms with Crippen LogP contribution in [0.25, 0.3) is 0 Å². The monoisotopic (exact) mass is 403 g/mol. The number of thiazole rings is 1. The number of hydrogen-bond donors (Lipinski definition) is 1. The van der Waals surface area contributed by atoms with Crippen LogP contribution in [-0.2, 0) is 32.4 Å². The van der Waals surface area contributed by atoms with Gasteiger partial charge in [0.25, 0.3) is 5.91 Å². The molecular weight excluding hydrogens is 378 g/mol. The Balaban J connectivity index is 1.26. The van der Waals surface area contributed by atoms with Crippen molar-refractivity contribution in [3.63, 3.8) is 0 Å². The molecule has 1 aromatic heterocycles. The summed E-state index contributed by atoms with van der Waals surface area (Å²) in [5.74, 6) is -0.0504. The van der Waals surface area contributed by atoms with Gasteiger partial charge in [-0.3, -0.25) is 15.0 Å². The van der Waals surface area contributed by atoms with Gasteiger partial charge in [0.1, 0.15) is 0 Å². The summed E-state index contributed by atoms with van der Waals surface area (Å²) in [4.78, 5) is 21.2. The van der Waals surface area contributed by atoms with Crippen LogP contribution in [0.4, 0.5) is 5.13 Å². The van der Waals surface area contributed by atoms with E-state index in [-0.39, 0.29) is 5.91 Å². The van der Waals surface area contributed by atoms with Crippen molar-refractivity contribution in [1.82, 2.24) is 9.88 Å². The van der Waals surface area contributed by atoms with Crippen molar-refractivity contribution in [3.8, 4) is 0 Å². The molecular formula is C24H25N3OS. The summed E-state index contributed by atoms with van der Waals surface area (Å²) < 4.78 is 0. The van der Waals surface area contributed by atoms with Crippen LogP contribution in [-0.4, -0.2) is 22.3 Å². The number of aromatic nitrogens is 1. The third-order valence-corrected chi connectivity index (χ3v) is 6.89. The summed E-state index contributed by atoms with van der Waals surface area (Å²) in [7, 11) is 0. The Hall–Kier alpha value is -2.50. The third-order valence-electron chi connectivity index (χ3n) is 5.89. The van der Waals surface area contributed by atoms with Crippen LogP contribution in [0.3, 0.4) is 0 Å². The Morgan fingerprint density at radius 2 is 1.86 bits per heavy atom. The van der Waals surface area contributed by atoms with E-state index in [2.05, 4.69) is 52.7 Å². The first-order valence-corrected chi connectivity index (χ1v) is 11.2. The highest BCUT2D eigenvalue weighted by Gasteiger charge is 2.22. The predicted octanol–water partition coefficient (Wildman–Crippen LogP) is 4.83. The van der Waals surface area contributed by atoms with Gasteiger partial charge in [-0.25, -0.2) is 4.98 Å². The number of nitrogens with zero attached hydrogens (tertiary/aromatic N) is 2. The van der Waals surface area contributed by atoms with E-state index in [1.807, 2.05) is 6.07 Å². The highest BCUT2D eigenvalue weighted by atomic mass is 32.1. The lowest BCUT2D eigenvalue weighted by molar-refractivity contribution is 0.102. The standard InChI is InChI=1S/C24H25N3OS/c28-23(20-11-10-18-8-4-5-9-19(18)14-20)26-24-25-21-12-13-27(16-22(21)29-24)15-17-6-2-1-3-7-17/h1-3,6-7,10-11,14H,4-5,8-9,12-13,15-16H2,(H,25,26,28). The molecule has 29 heavy (non-hydrogen) atoms. The van der Waals surface area contributed by atoms with Crippen molar-refractivity contribution in [2.75, 3.05) is 11.9 Å². The van der Waals surface area contributed by atoms with Gasteiger partial charge >= 0.3 is 0 Å². The van der Waals surface area contributed by atoms with E-state index in [0.717, 1.165) is 55.3 Å². The highest BCUT2D eigenvalue weighted by molar-refractivity contribution is 7.15. The molecule has 2 aliphatic rings. The van der Waals surface area contributed by atoms with Crippen LogP contribution < -0.4 is 5.32 Å². The number of anilines is 1. The van der Waals surface area contributed by atoms with Crippen molar-refractivity contribution in [2.24, 2.45) is 0 Å². The van der Waals surface area contributed by atoms with Crippen LogP contribution >= 0.6 is 11.3 Å². The minimum atomic E-state index is -0.0504. The Morgan fingerprint density at radius 1 is 1.03 bits per heavy atom. The molecule has 0 atom stereocenters. The van der Waals surface area contributed by atoms with Crippen molar-refractivity contribution in [1.29, 1.82) is 0 Å². The van der Waals surface area contributed by atoms with Gasteiger partial charge in [0.05, 0.1) is 5.69 Å². The van der Waals surface area contributed by atoms with Gasteiger partial charge in [0.2, 0.25) is 0 Å². The zero-order chi connectivity index (χ0) is 19.6. The predicted molar refractivity (Wildman–Crippen MR) is 117 cm³/mol. The summed E-state index contributed by atoms with van der Waals surface area (Å²) in [6.45, 7) is 2.86. The fourth-order valence-electron chi connectivity index (χ4n) is 4.32. The number of fused-ring (bicyclic) bond motifs is 2. The number of amides is 1. The second kappa shape index (κ2) is 8.09. The molecule has 0 saturated heterocycles. The third kappa shape index (κ3) is 4.11. The molecule has 0 saturated carbocycles. The maximum absolute atomic E-state index is 12.8. The van der Waals surface area contributed by atoms with Crippen molar-refractivity contribution in [3.05, 3.63) is 81.4 Å². The van der Waals surface area contributed by atoms with Crippen molar-refractivity contribution in [2.45, 2.75) is 45.2 Å². The zero-order valence-corrected chi connectivity index (χ0v) is 17.3. The first kappa shape index (κ1) is 18.5. The van der Waals surface area contributed by atoms with Crippen molar-refractivity contribution >= 4 is 22.4 Å². The van der Waals surface area contributed by atoms with Crippen LogP contribution in [0.15, 0.2) is 48.5 Å². The highest BCUT2D eigenvalue weighted by Crippen LogP contribution is 2.30. The van der Waals surface area contributed by atoms with E-state index < -0.39 is 0 Å². The average molecular weight is 404 g/mol. The maximum Gasteiger partial charge on any atom is 0.257 e. The Kier molecular flexibility index (Phi) is 5.17. The molecule has 0 bridgehead atoms. The van der Waals surface area contributed by atoms with Gasteiger partial charge in [-0.05, 0) is 54.5 Å². The first-order valence-electron chi connectivity index (χ1n) is 10.4. The van der Waals surface area contributed by atoms with Gasteiger partial charge in [-0.1, -0.05) is 36.4 Å². The lowest BCUT2D eigenvalue weighted by atomic mass is 9.90. The molecule has 148 valence electrons. The smallest absolute Gasteiger partial charge is 0.257 e. The van der Waals surface area contributed by atoms with Crippen molar-refractivity contribution < 1.29 is 4.79 Å². The number of aryl methyl sites for hydroxylation is 2. The maximum atomic E-state index is 12.8. The van der Waals surface area contributed by atoms with E-state index >= 15 is 0 Å². The number of carbonyl (C=O) groups is 1. The van der Waals surface area contributed by atoms with E-state index in [0.29, 0.717) is 0 Å². The lowest BCUT2D eigenvalue weighted by Gasteiger charge is -2.25. The van der Waals surface area contributed by atoms with E-state index in [9.17, 15) is 4.79 Å². The van der Waals surface area contributed by atoms with E-state index in [1.165, 1.54) is 34.4 Å². The van der Waals surface area contributed by atoms with Gasteiger partial charge in [0, 0.05) is 36.5 Å². The minimum absolute atomic E-state index is 0.0504. The summed E-state index contributed by atoms with van der Waals surface area (Å²) >= 11 is 1.62. The molecule has 1 aliphatic heterocycles. The van der Waals surface area contributed by atoms with Gasteiger partial charge in [0.15, 0.2) is 5.13 Å². The summed E-state index contributed by atoms with van der Waals surface area (Å²) in [6, 6.07) is 16.7. The van der Waals surface area contributed by atoms with Crippen LogP contribution in [0, 0.1) is 0 Å². The van der Waals surface area contributed by atoms with Gasteiger partial charge in [-0.2, -0.15) is 0 Å². The van der Waals surface area contributed by atoms with E-state index in [4.69, 9.17) is 4.98 Å². The molecule has 1 N–H and O–H groups in total. The van der Waals surface area contributed by atoms with Gasteiger partial charge < -0.3 is 0 Å². The largest absolute Gasteiger partial charge is 0.298 e. The second-order valence-corrected chi connectivity index (χ2v) is 9.06. The second-order valence-electron chi connectivity index (χ2n) is 7.98. The number of hydrogen-bond acceptors (Lipinski definition) is 4. The number of carbonyl (C=O) groups excluding carboxylic acids is 1. The molecule has 5 heteroatoms. The fraction of sp³-hybridized carbons (Fsp3) is 0.333. The molecule has 0 unspecified atom stereocenters. The molecule has 4 nitrogen and oxygen atoms in total. The number of benzene rings is 2. The van der Waals surface area contributed by atoms with Crippen LogP contribution in [0.5, 0.6) is 0 Å². The molecule has 2 aromatic carbocycles. The average Bonchev–Trinajstić information content (AvgIpc) is 3.15.